The number of nitro groups is 1. The van der Waals surface area contributed by atoms with Gasteiger partial charge >= 0.3 is 0 Å². The second-order valence-electron chi connectivity index (χ2n) is 6.19. The largest absolute Gasteiger partial charge is 0.348 e. The number of aromatic nitrogens is 2. The summed E-state index contributed by atoms with van der Waals surface area (Å²) in [6.07, 6.45) is 0. The lowest BCUT2D eigenvalue weighted by Crippen LogP contribution is -2.28. The van der Waals surface area contributed by atoms with Gasteiger partial charge < -0.3 is 5.32 Å². The second kappa shape index (κ2) is 8.01. The highest BCUT2D eigenvalue weighted by atomic mass is 19.1. The molecule has 148 valence electrons. The number of nitrogens with one attached hydrogen (secondary N) is 1. The fraction of sp³-hybridized carbons (Fsp3) is 0.150. The molecule has 0 saturated heterocycles. The minimum Gasteiger partial charge on any atom is -0.348 e. The van der Waals surface area contributed by atoms with E-state index < -0.39 is 22.1 Å². The number of Topliss-reactive ketones (excluding diaryl/α,β-unsaturated/α-hetero) is 1. The zero-order valence-electron chi connectivity index (χ0n) is 15.7. The molecule has 1 aromatic heterocycles. The summed E-state index contributed by atoms with van der Waals surface area (Å²) in [7, 11) is 0. The molecule has 0 aliphatic heterocycles. The number of non-ortho nitro benzene ring substituents is 1. The molecule has 0 bridgehead atoms. The van der Waals surface area contributed by atoms with Crippen LogP contribution in [0.5, 0.6) is 0 Å². The molecule has 1 N–H and O–H groups in total. The van der Waals surface area contributed by atoms with Gasteiger partial charge in [-0.05, 0) is 19.9 Å². The number of halogens is 1. The Balaban J connectivity index is 2.28. The number of nitrogens with zero attached hydrogens (tertiary/aromatic N) is 3. The third-order valence-electron chi connectivity index (χ3n) is 4.28. The van der Waals surface area contributed by atoms with Crippen molar-refractivity contribution in [2.24, 2.45) is 0 Å². The van der Waals surface area contributed by atoms with Crippen LogP contribution in [0.25, 0.3) is 11.3 Å². The molecule has 0 radical (unpaired) electrons. The number of carbonyl (C=O) groups is 1. The van der Waals surface area contributed by atoms with Crippen molar-refractivity contribution in [3.63, 3.8) is 0 Å². The molecule has 8 nitrogen and oxygen atoms in total. The maximum Gasteiger partial charge on any atom is 0.291 e. The summed E-state index contributed by atoms with van der Waals surface area (Å²) in [4.78, 5) is 35.7. The Morgan fingerprint density at radius 2 is 1.93 bits per heavy atom. The topological polar surface area (TPSA) is 107 Å². The molecule has 0 atom stereocenters. The first kappa shape index (κ1) is 19.9. The van der Waals surface area contributed by atoms with Crippen LogP contribution in [0, 0.1) is 15.9 Å². The van der Waals surface area contributed by atoms with Crippen molar-refractivity contribution in [3.05, 3.63) is 80.4 Å². The zero-order chi connectivity index (χ0) is 21.1. The van der Waals surface area contributed by atoms with Crippen LogP contribution in [-0.2, 0) is 6.54 Å². The standard InChI is InChI=1S/C20H17FN4O4/c1-3-24-20(27)19(22-16-11-14(25(28)29)9-10-15(16)21)17(12(2)26)18(23-24)13-7-5-4-6-8-13/h4-11,22H,3H2,1-2H3. The number of ketones is 1. The Hall–Kier alpha value is -3.88. The molecule has 1 heterocycles. The summed E-state index contributed by atoms with van der Waals surface area (Å²) in [6.45, 7) is 3.19. The van der Waals surface area contributed by atoms with Crippen molar-refractivity contribution in [2.75, 3.05) is 5.32 Å². The molecule has 0 aliphatic rings. The van der Waals surface area contributed by atoms with Crippen LogP contribution < -0.4 is 10.9 Å². The molecular weight excluding hydrogens is 379 g/mol. The molecule has 3 rings (SSSR count). The van der Waals surface area contributed by atoms with Crippen molar-refractivity contribution >= 4 is 22.8 Å². The van der Waals surface area contributed by atoms with E-state index in [4.69, 9.17) is 0 Å². The van der Waals surface area contributed by atoms with Gasteiger partial charge in [-0.1, -0.05) is 30.3 Å². The van der Waals surface area contributed by atoms with Crippen molar-refractivity contribution in [2.45, 2.75) is 20.4 Å². The van der Waals surface area contributed by atoms with E-state index in [-0.39, 0.29) is 34.9 Å². The number of carbonyl (C=O) groups excluding carboxylic acids is 1. The minimum absolute atomic E-state index is 0.0168. The normalized spacial score (nSPS) is 10.6. The van der Waals surface area contributed by atoms with Crippen LogP contribution in [0.1, 0.15) is 24.2 Å². The van der Waals surface area contributed by atoms with Gasteiger partial charge in [0.25, 0.3) is 11.2 Å². The van der Waals surface area contributed by atoms with Crippen LogP contribution in [0.4, 0.5) is 21.5 Å². The highest BCUT2D eigenvalue weighted by molar-refractivity contribution is 6.05. The predicted molar refractivity (Wildman–Crippen MR) is 106 cm³/mol. The van der Waals surface area contributed by atoms with Gasteiger partial charge in [-0.15, -0.1) is 0 Å². The van der Waals surface area contributed by atoms with Gasteiger partial charge in [-0.2, -0.15) is 5.10 Å². The first-order valence-electron chi connectivity index (χ1n) is 8.76. The van der Waals surface area contributed by atoms with Gasteiger partial charge in [0.2, 0.25) is 0 Å². The summed E-state index contributed by atoms with van der Waals surface area (Å²) >= 11 is 0. The lowest BCUT2D eigenvalue weighted by Gasteiger charge is -2.16. The molecule has 0 amide bonds. The van der Waals surface area contributed by atoms with Gasteiger partial charge in [0.1, 0.15) is 17.2 Å². The van der Waals surface area contributed by atoms with Crippen molar-refractivity contribution in [1.82, 2.24) is 9.78 Å². The number of hydrogen-bond acceptors (Lipinski definition) is 6. The number of aryl methyl sites for hydroxylation is 1. The zero-order valence-corrected chi connectivity index (χ0v) is 15.7. The van der Waals surface area contributed by atoms with E-state index in [9.17, 15) is 24.1 Å². The first-order chi connectivity index (χ1) is 13.8. The average molecular weight is 396 g/mol. The lowest BCUT2D eigenvalue weighted by molar-refractivity contribution is -0.384. The fourth-order valence-corrected chi connectivity index (χ4v) is 2.90. The summed E-state index contributed by atoms with van der Waals surface area (Å²) in [5.74, 6) is -1.25. The Morgan fingerprint density at radius 1 is 1.24 bits per heavy atom. The van der Waals surface area contributed by atoms with Gasteiger partial charge in [0, 0.05) is 24.2 Å². The van der Waals surface area contributed by atoms with Crippen molar-refractivity contribution in [1.29, 1.82) is 0 Å². The van der Waals surface area contributed by atoms with Crippen molar-refractivity contribution < 1.29 is 14.1 Å². The highest BCUT2D eigenvalue weighted by Crippen LogP contribution is 2.29. The average Bonchev–Trinajstić information content (AvgIpc) is 2.70. The Kier molecular flexibility index (Phi) is 5.49. The molecule has 0 aliphatic carbocycles. The van der Waals surface area contributed by atoms with Gasteiger partial charge in [-0.3, -0.25) is 19.7 Å². The Labute approximate surface area is 164 Å². The molecule has 3 aromatic rings. The minimum atomic E-state index is -0.800. The van der Waals surface area contributed by atoms with Crippen LogP contribution in [-0.4, -0.2) is 20.5 Å². The molecule has 0 saturated carbocycles. The van der Waals surface area contributed by atoms with E-state index in [2.05, 4.69) is 10.4 Å². The SMILES string of the molecule is CCn1nc(-c2ccccc2)c(C(C)=O)c(Nc2cc([N+](=O)[O-])ccc2F)c1=O. The fourth-order valence-electron chi connectivity index (χ4n) is 2.90. The van der Waals surface area contributed by atoms with Gasteiger partial charge in [0.15, 0.2) is 5.78 Å². The summed E-state index contributed by atoms with van der Waals surface area (Å²) in [5.41, 5.74) is -0.624. The van der Waals surface area contributed by atoms with Crippen molar-refractivity contribution in [3.8, 4) is 11.3 Å². The van der Waals surface area contributed by atoms with Crippen LogP contribution in [0.15, 0.2) is 53.3 Å². The quantitative estimate of drug-likeness (QED) is 0.384. The number of anilines is 2. The molecule has 0 unspecified atom stereocenters. The van der Waals surface area contributed by atoms with E-state index in [1.165, 1.54) is 6.92 Å². The van der Waals surface area contributed by atoms with Crippen LogP contribution >= 0.6 is 0 Å². The first-order valence-corrected chi connectivity index (χ1v) is 8.76. The van der Waals surface area contributed by atoms with Crippen LogP contribution in [0.2, 0.25) is 0 Å². The maximum atomic E-state index is 14.3. The van der Waals surface area contributed by atoms with Crippen LogP contribution in [0.3, 0.4) is 0 Å². The lowest BCUT2D eigenvalue weighted by atomic mass is 10.0. The van der Waals surface area contributed by atoms with E-state index >= 15 is 0 Å². The van der Waals surface area contributed by atoms with E-state index in [1.54, 1.807) is 37.3 Å². The molecule has 2 aromatic carbocycles. The Bertz CT molecular complexity index is 1160. The van der Waals surface area contributed by atoms with Gasteiger partial charge in [-0.25, -0.2) is 9.07 Å². The molecule has 9 heteroatoms. The second-order valence-corrected chi connectivity index (χ2v) is 6.19. The monoisotopic (exact) mass is 396 g/mol. The number of benzene rings is 2. The van der Waals surface area contributed by atoms with Gasteiger partial charge in [0.05, 0.1) is 16.2 Å². The number of rotatable bonds is 6. The Morgan fingerprint density at radius 3 is 2.52 bits per heavy atom. The predicted octanol–water partition coefficient (Wildman–Crippen LogP) is 3.92. The number of nitro benzene ring substituents is 1. The summed E-state index contributed by atoms with van der Waals surface area (Å²) in [6, 6.07) is 11.7. The molecule has 0 spiro atoms. The smallest absolute Gasteiger partial charge is 0.291 e. The molecule has 29 heavy (non-hydrogen) atoms. The molecule has 0 fully saturated rings. The van der Waals surface area contributed by atoms with E-state index in [1.807, 2.05) is 0 Å². The maximum absolute atomic E-state index is 14.3. The molecular formula is C20H17FN4O4. The summed E-state index contributed by atoms with van der Waals surface area (Å²) in [5, 5.41) is 17.9. The number of hydrogen-bond donors (Lipinski definition) is 1. The van der Waals surface area contributed by atoms with E-state index in [0.717, 1.165) is 22.9 Å². The third kappa shape index (κ3) is 3.88. The van der Waals surface area contributed by atoms with E-state index in [0.29, 0.717) is 5.56 Å². The highest BCUT2D eigenvalue weighted by Gasteiger charge is 2.23. The summed E-state index contributed by atoms with van der Waals surface area (Å²) < 4.78 is 15.4. The third-order valence-corrected chi connectivity index (χ3v) is 4.28.